The van der Waals surface area contributed by atoms with Gasteiger partial charge in [0, 0.05) is 5.02 Å². The van der Waals surface area contributed by atoms with E-state index in [4.69, 9.17) is 23.2 Å². The molecule has 0 radical (unpaired) electrons. The monoisotopic (exact) mass is 383 g/mol. The van der Waals surface area contributed by atoms with Gasteiger partial charge in [0.15, 0.2) is 0 Å². The smallest absolute Gasteiger partial charge is 0.278 e. The van der Waals surface area contributed by atoms with Gasteiger partial charge in [0.25, 0.3) is 10.0 Å². The molecule has 9 heteroatoms. The fourth-order valence-corrected chi connectivity index (χ4v) is 3.71. The molecule has 0 saturated heterocycles. The fraction of sp³-hybridized carbons (Fsp3) is 0.143. The number of hydrogen-bond acceptors (Lipinski definition) is 2. The van der Waals surface area contributed by atoms with Gasteiger partial charge in [-0.25, -0.2) is 8.42 Å². The molecular weight excluding hydrogens is 374 g/mol. The number of aryl methyl sites for hydroxylation is 1. The largest absolute Gasteiger partial charge is 0.416 e. The van der Waals surface area contributed by atoms with Crippen LogP contribution in [0, 0.1) is 6.92 Å². The lowest BCUT2D eigenvalue weighted by Gasteiger charge is -2.13. The van der Waals surface area contributed by atoms with E-state index in [2.05, 4.69) is 4.72 Å². The molecule has 0 fully saturated rings. The minimum atomic E-state index is -4.56. The van der Waals surface area contributed by atoms with Gasteiger partial charge in [-0.1, -0.05) is 29.3 Å². The van der Waals surface area contributed by atoms with E-state index in [0.717, 1.165) is 12.1 Å². The Morgan fingerprint density at radius 2 is 1.70 bits per heavy atom. The van der Waals surface area contributed by atoms with Crippen LogP contribution in [0.1, 0.15) is 11.1 Å². The van der Waals surface area contributed by atoms with Crippen LogP contribution < -0.4 is 4.72 Å². The van der Waals surface area contributed by atoms with Crippen LogP contribution in [0.3, 0.4) is 0 Å². The van der Waals surface area contributed by atoms with E-state index < -0.39 is 21.8 Å². The third-order valence-electron chi connectivity index (χ3n) is 2.98. The minimum Gasteiger partial charge on any atom is -0.278 e. The lowest BCUT2D eigenvalue weighted by Crippen LogP contribution is -2.15. The molecule has 0 spiro atoms. The van der Waals surface area contributed by atoms with Crippen LogP contribution in [-0.4, -0.2) is 8.42 Å². The molecule has 1 N–H and O–H groups in total. The summed E-state index contributed by atoms with van der Waals surface area (Å²) in [6, 6.07) is 6.66. The normalized spacial score (nSPS) is 12.3. The Hall–Kier alpha value is -1.44. The molecule has 0 atom stereocenters. The third-order valence-corrected chi connectivity index (χ3v) is 5.04. The second kappa shape index (κ2) is 6.22. The molecule has 2 rings (SSSR count). The SMILES string of the molecule is Cc1ccc(Cl)cc1S(=O)(=O)Nc1ccc(C(F)(F)F)cc1Cl. The molecule has 0 aromatic heterocycles. The van der Waals surface area contributed by atoms with Crippen molar-refractivity contribution in [1.82, 2.24) is 0 Å². The molecule has 0 aliphatic heterocycles. The first-order valence-corrected chi connectivity index (χ1v) is 8.40. The van der Waals surface area contributed by atoms with Crippen LogP contribution >= 0.6 is 23.2 Å². The van der Waals surface area contributed by atoms with E-state index in [-0.39, 0.29) is 20.6 Å². The van der Waals surface area contributed by atoms with Crippen LogP contribution in [-0.2, 0) is 16.2 Å². The van der Waals surface area contributed by atoms with Crippen molar-refractivity contribution >= 4 is 38.9 Å². The van der Waals surface area contributed by atoms with E-state index in [1.807, 2.05) is 0 Å². The molecule has 2 aromatic rings. The highest BCUT2D eigenvalue weighted by molar-refractivity contribution is 7.92. The molecule has 0 unspecified atom stereocenters. The lowest BCUT2D eigenvalue weighted by atomic mass is 10.2. The Morgan fingerprint density at radius 3 is 2.26 bits per heavy atom. The highest BCUT2D eigenvalue weighted by atomic mass is 35.5. The average molecular weight is 384 g/mol. The van der Waals surface area contributed by atoms with Gasteiger partial charge in [-0.3, -0.25) is 4.72 Å². The Kier molecular flexibility index (Phi) is 4.84. The highest BCUT2D eigenvalue weighted by Crippen LogP contribution is 2.34. The van der Waals surface area contributed by atoms with Crippen LogP contribution in [0.25, 0.3) is 0 Å². The Morgan fingerprint density at radius 1 is 1.04 bits per heavy atom. The van der Waals surface area contributed by atoms with Gasteiger partial charge >= 0.3 is 6.18 Å². The van der Waals surface area contributed by atoms with Gasteiger partial charge < -0.3 is 0 Å². The van der Waals surface area contributed by atoms with E-state index in [1.54, 1.807) is 6.92 Å². The van der Waals surface area contributed by atoms with Gasteiger partial charge in [-0.05, 0) is 42.8 Å². The second-order valence-electron chi connectivity index (χ2n) is 4.71. The van der Waals surface area contributed by atoms with Gasteiger partial charge in [-0.15, -0.1) is 0 Å². The van der Waals surface area contributed by atoms with E-state index in [0.29, 0.717) is 11.6 Å². The zero-order valence-corrected chi connectivity index (χ0v) is 13.9. The van der Waals surface area contributed by atoms with Crippen LogP contribution in [0.2, 0.25) is 10.0 Å². The van der Waals surface area contributed by atoms with E-state index >= 15 is 0 Å². The molecule has 0 aliphatic rings. The van der Waals surface area contributed by atoms with Crippen molar-refractivity contribution in [3.8, 4) is 0 Å². The van der Waals surface area contributed by atoms with Crippen molar-refractivity contribution in [1.29, 1.82) is 0 Å². The number of nitrogens with one attached hydrogen (secondary N) is 1. The van der Waals surface area contributed by atoms with Crippen molar-refractivity contribution in [2.75, 3.05) is 4.72 Å². The van der Waals surface area contributed by atoms with Crippen LogP contribution in [0.5, 0.6) is 0 Å². The number of halogens is 5. The molecule has 124 valence electrons. The van der Waals surface area contributed by atoms with E-state index in [9.17, 15) is 21.6 Å². The van der Waals surface area contributed by atoms with Crippen LogP contribution in [0.15, 0.2) is 41.3 Å². The molecule has 0 saturated carbocycles. The molecule has 0 aliphatic carbocycles. The molecule has 0 heterocycles. The fourth-order valence-electron chi connectivity index (χ4n) is 1.84. The van der Waals surface area contributed by atoms with Gasteiger partial charge in [-0.2, -0.15) is 13.2 Å². The maximum Gasteiger partial charge on any atom is 0.416 e. The van der Waals surface area contributed by atoms with Gasteiger partial charge in [0.1, 0.15) is 0 Å². The van der Waals surface area contributed by atoms with Crippen molar-refractivity contribution in [3.63, 3.8) is 0 Å². The number of alkyl halides is 3. The van der Waals surface area contributed by atoms with E-state index in [1.165, 1.54) is 18.2 Å². The summed E-state index contributed by atoms with van der Waals surface area (Å²) in [5, 5.41) is -0.141. The van der Waals surface area contributed by atoms with Crippen molar-refractivity contribution in [2.24, 2.45) is 0 Å². The number of sulfonamides is 1. The van der Waals surface area contributed by atoms with Crippen molar-refractivity contribution in [3.05, 3.63) is 57.6 Å². The Labute approximate surface area is 141 Å². The topological polar surface area (TPSA) is 46.2 Å². The maximum atomic E-state index is 12.6. The minimum absolute atomic E-state index is 0.0824. The molecule has 3 nitrogen and oxygen atoms in total. The van der Waals surface area contributed by atoms with Crippen molar-refractivity contribution in [2.45, 2.75) is 18.0 Å². The van der Waals surface area contributed by atoms with Gasteiger partial charge in [0.05, 0.1) is 21.2 Å². The predicted octanol–water partition coefficient (Wildman–Crippen LogP) is 5.12. The summed E-state index contributed by atoms with van der Waals surface area (Å²) in [6.45, 7) is 1.57. The summed E-state index contributed by atoms with van der Waals surface area (Å²) in [5.74, 6) is 0. The summed E-state index contributed by atoms with van der Waals surface area (Å²) in [4.78, 5) is -0.0824. The van der Waals surface area contributed by atoms with Gasteiger partial charge in [0.2, 0.25) is 0 Å². The summed E-state index contributed by atoms with van der Waals surface area (Å²) in [7, 11) is -4.04. The van der Waals surface area contributed by atoms with Crippen LogP contribution in [0.4, 0.5) is 18.9 Å². The number of anilines is 1. The molecule has 23 heavy (non-hydrogen) atoms. The second-order valence-corrected chi connectivity index (χ2v) is 7.20. The lowest BCUT2D eigenvalue weighted by molar-refractivity contribution is -0.137. The van der Waals surface area contributed by atoms with Crippen molar-refractivity contribution < 1.29 is 21.6 Å². The number of benzene rings is 2. The summed E-state index contributed by atoms with van der Waals surface area (Å²) < 4.78 is 64.6. The third kappa shape index (κ3) is 4.10. The molecular formula is C14H10Cl2F3NO2S. The standard InChI is InChI=1S/C14H10Cl2F3NO2S/c1-8-2-4-10(15)7-13(8)23(21,22)20-12-5-3-9(6-11(12)16)14(17,18)19/h2-7,20H,1H3. The number of hydrogen-bond donors (Lipinski definition) is 1. The summed E-state index contributed by atoms with van der Waals surface area (Å²) in [6.07, 6.45) is -4.56. The predicted molar refractivity (Wildman–Crippen MR) is 83.5 cm³/mol. The summed E-state index contributed by atoms with van der Waals surface area (Å²) >= 11 is 11.5. The zero-order valence-electron chi connectivity index (χ0n) is 11.6. The maximum absolute atomic E-state index is 12.6. The Bertz CT molecular complexity index is 852. The zero-order chi connectivity index (χ0) is 17.4. The average Bonchev–Trinajstić information content (AvgIpc) is 2.42. The highest BCUT2D eigenvalue weighted by Gasteiger charge is 2.31. The first-order chi connectivity index (χ1) is 10.5. The first-order valence-electron chi connectivity index (χ1n) is 6.16. The molecule has 0 bridgehead atoms. The quantitative estimate of drug-likeness (QED) is 0.799. The summed E-state index contributed by atoms with van der Waals surface area (Å²) in [5.41, 5.74) is -0.687. The Balaban J connectivity index is 2.40. The molecule has 2 aromatic carbocycles. The first kappa shape index (κ1) is 17.9. The number of rotatable bonds is 3. The molecule has 0 amide bonds.